The van der Waals surface area contributed by atoms with Gasteiger partial charge in [0.25, 0.3) is 0 Å². The average molecular weight is 160 g/mol. The predicted molar refractivity (Wildman–Crippen MR) is 55.0 cm³/mol. The highest BCUT2D eigenvalue weighted by atomic mass is 14.1. The standard InChI is InChI=1S/C12H16/c1-4-5-11(3)12-8-6-10(2)7-9-12/h4-6,8H,3,7,9H2,1-2H3/b5-4-. The first-order chi connectivity index (χ1) is 5.74. The molecule has 1 rings (SSSR count). The van der Waals surface area contributed by atoms with Crippen LogP contribution in [0.25, 0.3) is 0 Å². The van der Waals surface area contributed by atoms with Gasteiger partial charge in [-0.3, -0.25) is 0 Å². The highest BCUT2D eigenvalue weighted by molar-refractivity contribution is 5.41. The first kappa shape index (κ1) is 9.05. The average Bonchev–Trinajstić information content (AvgIpc) is 2.06. The van der Waals surface area contributed by atoms with Crippen LogP contribution in [0.1, 0.15) is 26.7 Å². The van der Waals surface area contributed by atoms with Crippen molar-refractivity contribution in [2.45, 2.75) is 26.7 Å². The lowest BCUT2D eigenvalue weighted by molar-refractivity contribution is 0.919. The summed E-state index contributed by atoms with van der Waals surface area (Å²) in [6, 6.07) is 0. The molecule has 0 N–H and O–H groups in total. The summed E-state index contributed by atoms with van der Waals surface area (Å²) < 4.78 is 0. The van der Waals surface area contributed by atoms with E-state index in [0.717, 1.165) is 12.0 Å². The maximum Gasteiger partial charge on any atom is -0.0236 e. The van der Waals surface area contributed by atoms with Gasteiger partial charge in [0.2, 0.25) is 0 Å². The van der Waals surface area contributed by atoms with Crippen molar-refractivity contribution in [3.63, 3.8) is 0 Å². The van der Waals surface area contributed by atoms with E-state index in [2.05, 4.69) is 31.7 Å². The van der Waals surface area contributed by atoms with Gasteiger partial charge >= 0.3 is 0 Å². The van der Waals surface area contributed by atoms with Crippen molar-refractivity contribution in [3.8, 4) is 0 Å². The minimum absolute atomic E-state index is 1.14. The molecule has 0 nitrogen and oxygen atoms in total. The van der Waals surface area contributed by atoms with E-state index in [-0.39, 0.29) is 0 Å². The molecule has 1 aliphatic rings. The first-order valence-electron chi connectivity index (χ1n) is 4.42. The molecule has 1 aliphatic carbocycles. The van der Waals surface area contributed by atoms with E-state index in [1.807, 2.05) is 13.0 Å². The maximum absolute atomic E-state index is 4.01. The zero-order valence-corrected chi connectivity index (χ0v) is 7.93. The van der Waals surface area contributed by atoms with Gasteiger partial charge in [-0.15, -0.1) is 0 Å². The van der Waals surface area contributed by atoms with Crippen molar-refractivity contribution in [1.82, 2.24) is 0 Å². The molecule has 0 aliphatic heterocycles. The van der Waals surface area contributed by atoms with Crippen LogP contribution in [0.4, 0.5) is 0 Å². The lowest BCUT2D eigenvalue weighted by Gasteiger charge is -2.11. The second-order valence-corrected chi connectivity index (χ2v) is 3.23. The summed E-state index contributed by atoms with van der Waals surface area (Å²) in [5.41, 5.74) is 3.99. The Balaban J connectivity index is 2.71. The Kier molecular flexibility index (Phi) is 3.09. The summed E-state index contributed by atoms with van der Waals surface area (Å²) in [5, 5.41) is 0. The summed E-state index contributed by atoms with van der Waals surface area (Å²) in [6.45, 7) is 8.20. The monoisotopic (exact) mass is 160 g/mol. The smallest absolute Gasteiger partial charge is 0.0236 e. The van der Waals surface area contributed by atoms with Crippen molar-refractivity contribution in [2.24, 2.45) is 0 Å². The number of allylic oxidation sites excluding steroid dienone is 7. The zero-order chi connectivity index (χ0) is 8.97. The van der Waals surface area contributed by atoms with Crippen LogP contribution >= 0.6 is 0 Å². The first-order valence-corrected chi connectivity index (χ1v) is 4.42. The van der Waals surface area contributed by atoms with E-state index in [9.17, 15) is 0 Å². The summed E-state index contributed by atoms with van der Waals surface area (Å²) in [6.07, 6.45) is 10.8. The summed E-state index contributed by atoms with van der Waals surface area (Å²) in [7, 11) is 0. The molecule has 12 heavy (non-hydrogen) atoms. The van der Waals surface area contributed by atoms with Gasteiger partial charge in [-0.1, -0.05) is 36.5 Å². The molecule has 0 aromatic carbocycles. The molecule has 0 unspecified atom stereocenters. The number of hydrogen-bond donors (Lipinski definition) is 0. The molecular formula is C12H16. The second-order valence-electron chi connectivity index (χ2n) is 3.23. The molecular weight excluding hydrogens is 144 g/mol. The van der Waals surface area contributed by atoms with Crippen LogP contribution in [0.5, 0.6) is 0 Å². The van der Waals surface area contributed by atoms with Gasteiger partial charge in [0.1, 0.15) is 0 Å². The zero-order valence-electron chi connectivity index (χ0n) is 7.93. The summed E-state index contributed by atoms with van der Waals surface area (Å²) in [5.74, 6) is 0. The van der Waals surface area contributed by atoms with E-state index in [0.29, 0.717) is 0 Å². The minimum atomic E-state index is 1.14. The van der Waals surface area contributed by atoms with Crippen molar-refractivity contribution in [3.05, 3.63) is 47.6 Å². The third-order valence-electron chi connectivity index (χ3n) is 2.14. The molecule has 0 radical (unpaired) electrons. The Bertz CT molecular complexity index is 262. The van der Waals surface area contributed by atoms with Crippen LogP contribution in [0.2, 0.25) is 0 Å². The van der Waals surface area contributed by atoms with Crippen LogP contribution in [-0.4, -0.2) is 0 Å². The molecule has 0 heterocycles. The molecule has 0 aromatic rings. The van der Waals surface area contributed by atoms with E-state index >= 15 is 0 Å². The van der Waals surface area contributed by atoms with Crippen LogP contribution in [0.3, 0.4) is 0 Å². The molecule has 0 bridgehead atoms. The molecule has 0 spiro atoms. The van der Waals surface area contributed by atoms with E-state index in [1.165, 1.54) is 17.6 Å². The van der Waals surface area contributed by atoms with Gasteiger partial charge in [-0.2, -0.15) is 0 Å². The molecule has 0 fully saturated rings. The molecule has 64 valence electrons. The quantitative estimate of drug-likeness (QED) is 0.539. The van der Waals surface area contributed by atoms with E-state index in [4.69, 9.17) is 0 Å². The van der Waals surface area contributed by atoms with Gasteiger partial charge in [0, 0.05) is 0 Å². The molecule has 0 amide bonds. The van der Waals surface area contributed by atoms with Crippen molar-refractivity contribution >= 4 is 0 Å². The molecule has 0 heteroatoms. The Labute approximate surface area is 75.0 Å². The largest absolute Gasteiger partial charge is 0.0915 e. The minimum Gasteiger partial charge on any atom is -0.0915 e. The number of rotatable bonds is 2. The molecule has 0 saturated heterocycles. The fraction of sp³-hybridized carbons (Fsp3) is 0.333. The summed E-state index contributed by atoms with van der Waals surface area (Å²) in [4.78, 5) is 0. The van der Waals surface area contributed by atoms with Crippen LogP contribution < -0.4 is 0 Å². The van der Waals surface area contributed by atoms with Crippen molar-refractivity contribution in [2.75, 3.05) is 0 Å². The Morgan fingerprint density at radius 1 is 1.42 bits per heavy atom. The maximum atomic E-state index is 4.01. The van der Waals surface area contributed by atoms with Gasteiger partial charge in [0.15, 0.2) is 0 Å². The topological polar surface area (TPSA) is 0 Å². The van der Waals surface area contributed by atoms with Crippen molar-refractivity contribution in [1.29, 1.82) is 0 Å². The van der Waals surface area contributed by atoms with E-state index < -0.39 is 0 Å². The van der Waals surface area contributed by atoms with Gasteiger partial charge in [-0.25, -0.2) is 0 Å². The van der Waals surface area contributed by atoms with Gasteiger partial charge < -0.3 is 0 Å². The molecule has 0 aromatic heterocycles. The lowest BCUT2D eigenvalue weighted by atomic mass is 9.94. The Morgan fingerprint density at radius 2 is 2.17 bits per heavy atom. The Hall–Kier alpha value is -1.04. The Morgan fingerprint density at radius 3 is 2.67 bits per heavy atom. The highest BCUT2D eigenvalue weighted by Gasteiger charge is 2.03. The van der Waals surface area contributed by atoms with Gasteiger partial charge in [0.05, 0.1) is 0 Å². The molecule has 0 atom stereocenters. The van der Waals surface area contributed by atoms with Gasteiger partial charge in [-0.05, 0) is 37.8 Å². The van der Waals surface area contributed by atoms with Crippen LogP contribution in [-0.2, 0) is 0 Å². The van der Waals surface area contributed by atoms with Crippen LogP contribution in [0, 0.1) is 0 Å². The predicted octanol–water partition coefficient (Wildman–Crippen LogP) is 3.79. The number of hydrogen-bond acceptors (Lipinski definition) is 0. The second kappa shape index (κ2) is 4.10. The van der Waals surface area contributed by atoms with Crippen molar-refractivity contribution < 1.29 is 0 Å². The summed E-state index contributed by atoms with van der Waals surface area (Å²) >= 11 is 0. The van der Waals surface area contributed by atoms with Crippen LogP contribution in [0.15, 0.2) is 47.6 Å². The highest BCUT2D eigenvalue weighted by Crippen LogP contribution is 2.23. The fourth-order valence-electron chi connectivity index (χ4n) is 1.32. The SMILES string of the molecule is C=C(/C=C\C)C1=CC=C(C)CC1. The third kappa shape index (κ3) is 2.23. The molecule has 0 saturated carbocycles. The fourth-order valence-corrected chi connectivity index (χ4v) is 1.32. The lowest BCUT2D eigenvalue weighted by Crippen LogP contribution is -1.92. The third-order valence-corrected chi connectivity index (χ3v) is 2.14. The normalized spacial score (nSPS) is 17.5. The van der Waals surface area contributed by atoms with E-state index in [1.54, 1.807) is 0 Å².